The van der Waals surface area contributed by atoms with E-state index in [1.807, 2.05) is 0 Å². The highest BCUT2D eigenvalue weighted by Gasteiger charge is 2.23. The van der Waals surface area contributed by atoms with Crippen molar-refractivity contribution in [1.29, 1.82) is 0 Å². The van der Waals surface area contributed by atoms with Crippen molar-refractivity contribution in [2.24, 2.45) is 5.92 Å². The van der Waals surface area contributed by atoms with E-state index in [-0.39, 0.29) is 5.91 Å². The second kappa shape index (κ2) is 4.70. The molecular formula is C10H15N3OS. The molecule has 1 aromatic rings. The number of nitrogens with one attached hydrogen (secondary N) is 1. The van der Waals surface area contributed by atoms with Gasteiger partial charge in [-0.15, -0.1) is 0 Å². The molecule has 0 saturated heterocycles. The molecule has 1 aliphatic carbocycles. The molecule has 1 aromatic heterocycles. The topological polar surface area (TPSA) is 54.9 Å². The lowest BCUT2D eigenvalue weighted by atomic mass is 9.86. The van der Waals surface area contributed by atoms with Crippen molar-refractivity contribution < 1.29 is 4.79 Å². The first-order valence-electron chi connectivity index (χ1n) is 5.36. The van der Waals surface area contributed by atoms with Crippen LogP contribution in [0.25, 0.3) is 0 Å². The molecule has 2 rings (SSSR count). The maximum absolute atomic E-state index is 11.7. The summed E-state index contributed by atoms with van der Waals surface area (Å²) in [6.07, 6.45) is 6.31. The molecule has 1 amide bonds. The van der Waals surface area contributed by atoms with Crippen molar-refractivity contribution in [2.75, 3.05) is 0 Å². The van der Waals surface area contributed by atoms with Gasteiger partial charge in [0.1, 0.15) is 0 Å². The molecular weight excluding hydrogens is 210 g/mol. The second-order valence-corrected chi connectivity index (χ2v) is 4.69. The average molecular weight is 225 g/mol. The molecule has 1 aliphatic rings. The van der Waals surface area contributed by atoms with E-state index in [4.69, 9.17) is 0 Å². The van der Waals surface area contributed by atoms with Crippen LogP contribution >= 0.6 is 11.7 Å². The van der Waals surface area contributed by atoms with E-state index in [9.17, 15) is 4.79 Å². The zero-order valence-corrected chi connectivity index (χ0v) is 9.59. The van der Waals surface area contributed by atoms with Crippen LogP contribution in [0.5, 0.6) is 0 Å². The van der Waals surface area contributed by atoms with E-state index in [1.54, 1.807) is 0 Å². The molecule has 1 N–H and O–H groups in total. The van der Waals surface area contributed by atoms with Crippen molar-refractivity contribution in [2.45, 2.75) is 38.6 Å². The van der Waals surface area contributed by atoms with Crippen LogP contribution < -0.4 is 5.32 Å². The Balaban J connectivity index is 1.93. The molecule has 0 aromatic carbocycles. The van der Waals surface area contributed by atoms with Gasteiger partial charge in [-0.25, -0.2) is 0 Å². The first-order valence-corrected chi connectivity index (χ1v) is 6.09. The van der Waals surface area contributed by atoms with Gasteiger partial charge in [-0.3, -0.25) is 4.79 Å². The molecule has 5 heteroatoms. The number of carbonyl (C=O) groups is 1. The minimum Gasteiger partial charge on any atom is -0.348 e. The number of rotatable bonds is 2. The smallest absolute Gasteiger partial charge is 0.272 e. The van der Waals surface area contributed by atoms with Crippen molar-refractivity contribution in [3.05, 3.63) is 11.9 Å². The van der Waals surface area contributed by atoms with Crippen molar-refractivity contribution in [1.82, 2.24) is 14.1 Å². The summed E-state index contributed by atoms with van der Waals surface area (Å²) in [5.41, 5.74) is 0.442. The summed E-state index contributed by atoms with van der Waals surface area (Å²) in [7, 11) is 0. The van der Waals surface area contributed by atoms with Crippen LogP contribution in [0.15, 0.2) is 6.20 Å². The predicted molar refractivity (Wildman–Crippen MR) is 58.8 cm³/mol. The van der Waals surface area contributed by atoms with Gasteiger partial charge >= 0.3 is 0 Å². The maximum Gasteiger partial charge on any atom is 0.272 e. The largest absolute Gasteiger partial charge is 0.348 e. The van der Waals surface area contributed by atoms with Crippen LogP contribution in [-0.4, -0.2) is 20.7 Å². The first-order chi connectivity index (χ1) is 7.27. The predicted octanol–water partition coefficient (Wildman–Crippen LogP) is 1.85. The summed E-state index contributed by atoms with van der Waals surface area (Å²) < 4.78 is 7.75. The van der Waals surface area contributed by atoms with Crippen LogP contribution in [0.4, 0.5) is 0 Å². The highest BCUT2D eigenvalue weighted by atomic mass is 32.1. The van der Waals surface area contributed by atoms with Crippen LogP contribution in [0, 0.1) is 5.92 Å². The Labute approximate surface area is 93.4 Å². The van der Waals surface area contributed by atoms with Gasteiger partial charge in [-0.2, -0.15) is 8.75 Å². The third-order valence-corrected chi connectivity index (χ3v) is 3.50. The Bertz CT molecular complexity index is 325. The summed E-state index contributed by atoms with van der Waals surface area (Å²) >= 11 is 1.07. The first kappa shape index (κ1) is 10.5. The van der Waals surface area contributed by atoms with Crippen molar-refractivity contribution in [3.63, 3.8) is 0 Å². The van der Waals surface area contributed by atoms with Gasteiger partial charge in [0.05, 0.1) is 17.9 Å². The Morgan fingerprint density at radius 2 is 2.33 bits per heavy atom. The molecule has 0 aliphatic heterocycles. The minimum atomic E-state index is -0.0810. The molecule has 82 valence electrons. The van der Waals surface area contributed by atoms with E-state index < -0.39 is 0 Å². The Morgan fingerprint density at radius 1 is 1.53 bits per heavy atom. The lowest BCUT2D eigenvalue weighted by molar-refractivity contribution is 0.0906. The molecule has 1 heterocycles. The fourth-order valence-electron chi connectivity index (χ4n) is 2.04. The highest BCUT2D eigenvalue weighted by Crippen LogP contribution is 2.23. The minimum absolute atomic E-state index is 0.0810. The van der Waals surface area contributed by atoms with Gasteiger partial charge in [0, 0.05) is 6.04 Å². The van der Waals surface area contributed by atoms with Gasteiger partial charge in [-0.05, 0) is 18.8 Å². The van der Waals surface area contributed by atoms with E-state index in [2.05, 4.69) is 21.0 Å². The summed E-state index contributed by atoms with van der Waals surface area (Å²) in [6.45, 7) is 2.20. The number of hydrogen-bond donors (Lipinski definition) is 1. The molecule has 2 atom stereocenters. The molecule has 4 nitrogen and oxygen atoms in total. The van der Waals surface area contributed by atoms with Crippen molar-refractivity contribution >= 4 is 17.6 Å². The molecule has 2 unspecified atom stereocenters. The molecule has 15 heavy (non-hydrogen) atoms. The van der Waals surface area contributed by atoms with E-state index >= 15 is 0 Å². The van der Waals surface area contributed by atoms with Crippen LogP contribution in [-0.2, 0) is 0 Å². The zero-order chi connectivity index (χ0) is 10.7. The molecule has 0 radical (unpaired) electrons. The fraction of sp³-hybridized carbons (Fsp3) is 0.700. The average Bonchev–Trinajstić information content (AvgIpc) is 2.74. The van der Waals surface area contributed by atoms with Gasteiger partial charge in [0.15, 0.2) is 5.69 Å². The van der Waals surface area contributed by atoms with Crippen molar-refractivity contribution in [3.8, 4) is 0 Å². The third-order valence-electron chi connectivity index (χ3n) is 3.02. The van der Waals surface area contributed by atoms with Crippen LogP contribution in [0.2, 0.25) is 0 Å². The number of carbonyl (C=O) groups excluding carboxylic acids is 1. The molecule has 1 fully saturated rings. The fourth-order valence-corrected chi connectivity index (χ4v) is 2.45. The summed E-state index contributed by atoms with van der Waals surface area (Å²) in [6, 6.07) is 0.313. The quantitative estimate of drug-likeness (QED) is 0.835. The number of hydrogen-bond acceptors (Lipinski definition) is 4. The lowest BCUT2D eigenvalue weighted by Gasteiger charge is -2.29. The van der Waals surface area contributed by atoms with Gasteiger partial charge in [0.2, 0.25) is 0 Å². The second-order valence-electron chi connectivity index (χ2n) is 4.13. The SMILES string of the molecule is CC1CCCCC1NC(=O)c1cnsn1. The van der Waals surface area contributed by atoms with Gasteiger partial charge < -0.3 is 5.32 Å². The normalized spacial score (nSPS) is 26.2. The third kappa shape index (κ3) is 2.53. The lowest BCUT2D eigenvalue weighted by Crippen LogP contribution is -2.41. The molecule has 0 bridgehead atoms. The number of amides is 1. The summed E-state index contributed by atoms with van der Waals surface area (Å²) in [5.74, 6) is 0.497. The van der Waals surface area contributed by atoms with Crippen LogP contribution in [0.3, 0.4) is 0 Å². The monoisotopic (exact) mass is 225 g/mol. The Hall–Kier alpha value is -0.970. The molecule has 0 spiro atoms. The van der Waals surface area contributed by atoms with Gasteiger partial charge in [0.25, 0.3) is 5.91 Å². The highest BCUT2D eigenvalue weighted by molar-refractivity contribution is 6.99. The van der Waals surface area contributed by atoms with E-state index in [0.717, 1.165) is 18.1 Å². The zero-order valence-electron chi connectivity index (χ0n) is 8.77. The standard InChI is InChI=1S/C10H15N3OS/c1-7-4-2-3-5-8(7)12-10(14)9-6-11-15-13-9/h6-8H,2-5H2,1H3,(H,12,14). The van der Waals surface area contributed by atoms with E-state index in [1.165, 1.54) is 25.5 Å². The molecule has 1 saturated carbocycles. The van der Waals surface area contributed by atoms with Crippen LogP contribution in [0.1, 0.15) is 43.1 Å². The Kier molecular flexibility index (Phi) is 3.30. The van der Waals surface area contributed by atoms with Gasteiger partial charge in [-0.1, -0.05) is 19.8 Å². The Morgan fingerprint density at radius 3 is 3.00 bits per heavy atom. The summed E-state index contributed by atoms with van der Waals surface area (Å²) in [4.78, 5) is 11.7. The maximum atomic E-state index is 11.7. The number of aromatic nitrogens is 2. The summed E-state index contributed by atoms with van der Waals surface area (Å²) in [5, 5.41) is 3.04. The van der Waals surface area contributed by atoms with E-state index in [0.29, 0.717) is 17.7 Å². The number of nitrogens with zero attached hydrogens (tertiary/aromatic N) is 2.